The minimum absolute atomic E-state index is 0.362. The van der Waals surface area contributed by atoms with Gasteiger partial charge in [0.2, 0.25) is 0 Å². The number of fused-ring (bicyclic) bond motifs is 1. The van der Waals surface area contributed by atoms with E-state index in [-0.39, 0.29) is 5.82 Å². The summed E-state index contributed by atoms with van der Waals surface area (Å²) in [6, 6.07) is 5.80. The maximum Gasteiger partial charge on any atom is 0.158 e. The second-order valence-corrected chi connectivity index (χ2v) is 2.74. The van der Waals surface area contributed by atoms with Crippen LogP contribution in [0.4, 0.5) is 4.39 Å². The van der Waals surface area contributed by atoms with Crippen LogP contribution in [0.2, 0.25) is 0 Å². The summed E-state index contributed by atoms with van der Waals surface area (Å²) in [5.74, 6) is -0.362. The second kappa shape index (κ2) is 2.02. The van der Waals surface area contributed by atoms with Gasteiger partial charge in [-0.1, -0.05) is 0 Å². The highest BCUT2D eigenvalue weighted by atomic mass is 32.1. The predicted octanol–water partition coefficient (Wildman–Crippen LogP) is 2.24. The molecular formula is C7H3FNS. The van der Waals surface area contributed by atoms with Gasteiger partial charge in [0.15, 0.2) is 5.82 Å². The molecule has 0 spiro atoms. The van der Waals surface area contributed by atoms with E-state index in [0.717, 1.165) is 4.70 Å². The summed E-state index contributed by atoms with van der Waals surface area (Å²) >= 11 is 1.43. The third kappa shape index (κ3) is 0.708. The molecule has 0 aliphatic heterocycles. The molecule has 0 aliphatic rings. The van der Waals surface area contributed by atoms with E-state index >= 15 is 0 Å². The van der Waals surface area contributed by atoms with Crippen molar-refractivity contribution >= 4 is 21.6 Å². The molecule has 1 nitrogen and oxygen atoms in total. The van der Waals surface area contributed by atoms with Gasteiger partial charge in [-0.05, 0) is 12.1 Å². The number of benzene rings is 1. The standard InChI is InChI=1S/C7H3FNS/c8-5-2-1-3-6-7(5)9-4-10-6/h1,3-4H. The molecule has 2 rings (SSSR count). The summed E-state index contributed by atoms with van der Waals surface area (Å²) in [7, 11) is 0. The van der Waals surface area contributed by atoms with Crippen molar-refractivity contribution < 1.29 is 4.39 Å². The Labute approximate surface area is 61.1 Å². The van der Waals surface area contributed by atoms with E-state index in [1.165, 1.54) is 11.3 Å². The molecule has 0 saturated heterocycles. The van der Waals surface area contributed by atoms with Crippen LogP contribution in [-0.2, 0) is 0 Å². The van der Waals surface area contributed by atoms with E-state index in [1.807, 2.05) is 0 Å². The highest BCUT2D eigenvalue weighted by Crippen LogP contribution is 2.18. The summed E-state index contributed by atoms with van der Waals surface area (Å²) in [5, 5.41) is 0. The Hall–Kier alpha value is -0.960. The average Bonchev–Trinajstić information content (AvgIpc) is 2.36. The fourth-order valence-corrected chi connectivity index (χ4v) is 1.47. The normalized spacial score (nSPS) is 10.5. The van der Waals surface area contributed by atoms with Crippen LogP contribution in [0.5, 0.6) is 0 Å². The number of hydrogen-bond donors (Lipinski definition) is 0. The van der Waals surface area contributed by atoms with Crippen LogP contribution in [0.3, 0.4) is 0 Å². The summed E-state index contributed by atoms with van der Waals surface area (Å²) in [4.78, 5) is 3.83. The fraction of sp³-hybridized carbons (Fsp3) is 0. The molecule has 0 aliphatic carbocycles. The van der Waals surface area contributed by atoms with E-state index in [1.54, 1.807) is 17.6 Å². The van der Waals surface area contributed by atoms with E-state index in [2.05, 4.69) is 11.1 Å². The minimum Gasteiger partial charge on any atom is -0.242 e. The van der Waals surface area contributed by atoms with Gasteiger partial charge in [0.05, 0.1) is 10.2 Å². The molecule has 2 aromatic rings. The molecule has 0 fully saturated rings. The molecule has 1 aromatic heterocycles. The predicted molar refractivity (Wildman–Crippen MR) is 38.4 cm³/mol. The highest BCUT2D eigenvalue weighted by Gasteiger charge is 2.00. The van der Waals surface area contributed by atoms with E-state index in [0.29, 0.717) is 5.52 Å². The van der Waals surface area contributed by atoms with Crippen molar-refractivity contribution in [1.29, 1.82) is 0 Å². The van der Waals surface area contributed by atoms with Gasteiger partial charge >= 0.3 is 0 Å². The Morgan fingerprint density at radius 2 is 2.50 bits per heavy atom. The smallest absolute Gasteiger partial charge is 0.158 e. The molecule has 0 amide bonds. The van der Waals surface area contributed by atoms with Gasteiger partial charge in [0, 0.05) is 6.07 Å². The first-order valence-corrected chi connectivity index (χ1v) is 3.65. The van der Waals surface area contributed by atoms with Gasteiger partial charge in [0.25, 0.3) is 0 Å². The Balaban J connectivity index is 2.95. The largest absolute Gasteiger partial charge is 0.242 e. The first-order chi connectivity index (χ1) is 4.88. The molecular weight excluding hydrogens is 149 g/mol. The first kappa shape index (κ1) is 5.80. The number of thiazole rings is 1. The molecule has 0 bridgehead atoms. The number of hydrogen-bond acceptors (Lipinski definition) is 2. The third-order valence-electron chi connectivity index (χ3n) is 1.25. The second-order valence-electron chi connectivity index (χ2n) is 1.86. The van der Waals surface area contributed by atoms with Crippen LogP contribution < -0.4 is 0 Å². The van der Waals surface area contributed by atoms with Crippen molar-refractivity contribution in [3.8, 4) is 0 Å². The molecule has 1 radical (unpaired) electrons. The lowest BCUT2D eigenvalue weighted by Gasteiger charge is -1.85. The molecule has 0 atom stereocenters. The van der Waals surface area contributed by atoms with Gasteiger partial charge in [-0.15, -0.1) is 11.3 Å². The molecule has 1 aromatic carbocycles. The van der Waals surface area contributed by atoms with Crippen LogP contribution in [0.15, 0.2) is 17.6 Å². The lowest BCUT2D eigenvalue weighted by Crippen LogP contribution is -1.74. The van der Waals surface area contributed by atoms with Crippen LogP contribution in [0.1, 0.15) is 0 Å². The fourth-order valence-electron chi connectivity index (χ4n) is 0.797. The molecule has 0 unspecified atom stereocenters. The summed E-state index contributed by atoms with van der Waals surface area (Å²) in [6.07, 6.45) is 0. The van der Waals surface area contributed by atoms with E-state index in [9.17, 15) is 4.39 Å². The van der Waals surface area contributed by atoms with Gasteiger partial charge < -0.3 is 0 Å². The zero-order valence-electron chi connectivity index (χ0n) is 4.97. The van der Waals surface area contributed by atoms with E-state index in [4.69, 9.17) is 0 Å². The van der Waals surface area contributed by atoms with Gasteiger partial charge in [0.1, 0.15) is 5.52 Å². The number of nitrogens with zero attached hydrogens (tertiary/aromatic N) is 1. The number of aromatic nitrogens is 1. The van der Waals surface area contributed by atoms with Crippen LogP contribution in [-0.4, -0.2) is 4.98 Å². The zero-order valence-corrected chi connectivity index (χ0v) is 5.78. The van der Waals surface area contributed by atoms with Crippen LogP contribution >= 0.6 is 11.3 Å². The lowest BCUT2D eigenvalue weighted by molar-refractivity contribution is 0.635. The zero-order chi connectivity index (χ0) is 6.97. The molecule has 10 heavy (non-hydrogen) atoms. The summed E-state index contributed by atoms with van der Waals surface area (Å²) in [6.45, 7) is 0. The topological polar surface area (TPSA) is 12.9 Å². The number of halogens is 1. The lowest BCUT2D eigenvalue weighted by atomic mass is 10.3. The monoisotopic (exact) mass is 152 g/mol. The molecule has 1 heterocycles. The van der Waals surface area contributed by atoms with Crippen molar-refractivity contribution in [3.63, 3.8) is 0 Å². The quantitative estimate of drug-likeness (QED) is 0.564. The molecule has 3 heteroatoms. The Morgan fingerprint density at radius 1 is 1.60 bits per heavy atom. The first-order valence-electron chi connectivity index (χ1n) is 2.77. The number of rotatable bonds is 0. The maximum atomic E-state index is 12.7. The van der Waals surface area contributed by atoms with Crippen molar-refractivity contribution in [2.24, 2.45) is 0 Å². The van der Waals surface area contributed by atoms with Crippen molar-refractivity contribution in [2.75, 3.05) is 0 Å². The van der Waals surface area contributed by atoms with Crippen LogP contribution in [0, 0.1) is 11.9 Å². The summed E-state index contributed by atoms with van der Waals surface area (Å²) < 4.78 is 13.6. The highest BCUT2D eigenvalue weighted by molar-refractivity contribution is 7.16. The Bertz CT molecular complexity index is 355. The third-order valence-corrected chi connectivity index (χ3v) is 2.04. The van der Waals surface area contributed by atoms with Crippen molar-refractivity contribution in [2.45, 2.75) is 0 Å². The average molecular weight is 152 g/mol. The molecule has 0 N–H and O–H groups in total. The van der Waals surface area contributed by atoms with Crippen LogP contribution in [0.25, 0.3) is 10.2 Å². The molecule has 0 saturated carbocycles. The van der Waals surface area contributed by atoms with Gasteiger partial charge in [-0.25, -0.2) is 9.37 Å². The van der Waals surface area contributed by atoms with Gasteiger partial charge in [-0.3, -0.25) is 0 Å². The summed E-state index contributed by atoms with van der Waals surface area (Å²) in [5.41, 5.74) is 2.05. The Morgan fingerprint density at radius 3 is 3.30 bits per heavy atom. The van der Waals surface area contributed by atoms with Gasteiger partial charge in [-0.2, -0.15) is 0 Å². The minimum atomic E-state index is -0.362. The maximum absolute atomic E-state index is 12.7. The van der Waals surface area contributed by atoms with Crippen molar-refractivity contribution in [1.82, 2.24) is 4.98 Å². The van der Waals surface area contributed by atoms with E-state index < -0.39 is 0 Å². The Kier molecular flexibility index (Phi) is 1.17. The molecule has 49 valence electrons. The van der Waals surface area contributed by atoms with Crippen molar-refractivity contribution in [3.05, 3.63) is 29.5 Å². The SMILES string of the molecule is Fc1[c]ccc2scnc12.